The Morgan fingerprint density at radius 1 is 1.42 bits per heavy atom. The van der Waals surface area contributed by atoms with E-state index in [1.54, 1.807) is 6.20 Å². The fourth-order valence-electron chi connectivity index (χ4n) is 0.857. The van der Waals surface area contributed by atoms with Crippen molar-refractivity contribution in [3.8, 4) is 0 Å². The van der Waals surface area contributed by atoms with Gasteiger partial charge in [-0.25, -0.2) is 4.98 Å². The summed E-state index contributed by atoms with van der Waals surface area (Å²) in [6.07, 6.45) is 1.78. The molecule has 0 atom stereocenters. The van der Waals surface area contributed by atoms with E-state index >= 15 is 0 Å². The number of anilines is 1. The molecule has 0 radical (unpaired) electrons. The number of nitrogens with zero attached hydrogens (tertiary/aromatic N) is 1. The zero-order valence-electron chi connectivity index (χ0n) is 7.56. The molecule has 1 aromatic heterocycles. The second-order valence-corrected chi connectivity index (χ2v) is 4.65. The topological polar surface area (TPSA) is 24.9 Å². The Hall–Kier alpha value is -0.570. The lowest BCUT2D eigenvalue weighted by Crippen LogP contribution is -2.26. The van der Waals surface area contributed by atoms with Crippen molar-refractivity contribution in [3.05, 3.63) is 22.8 Å². The van der Waals surface area contributed by atoms with Crippen LogP contribution in [0.25, 0.3) is 0 Å². The van der Waals surface area contributed by atoms with Crippen molar-refractivity contribution >= 4 is 21.7 Å². The molecule has 66 valence electrons. The second kappa shape index (κ2) is 3.44. The number of hydrogen-bond donors (Lipinski definition) is 1. The Labute approximate surface area is 81.5 Å². The highest BCUT2D eigenvalue weighted by Gasteiger charge is 2.09. The SMILES string of the molecule is CC(C)(C)Nc1cc(Br)ccn1. The van der Waals surface area contributed by atoms with Gasteiger partial charge in [0, 0.05) is 16.2 Å². The van der Waals surface area contributed by atoms with Crippen LogP contribution < -0.4 is 5.32 Å². The van der Waals surface area contributed by atoms with Crippen LogP contribution in [0.5, 0.6) is 0 Å². The molecule has 2 nitrogen and oxygen atoms in total. The van der Waals surface area contributed by atoms with Crippen molar-refractivity contribution in [2.75, 3.05) is 5.32 Å². The molecule has 1 heterocycles. The van der Waals surface area contributed by atoms with Gasteiger partial charge < -0.3 is 5.32 Å². The van der Waals surface area contributed by atoms with Gasteiger partial charge in [-0.1, -0.05) is 15.9 Å². The van der Waals surface area contributed by atoms with E-state index in [2.05, 4.69) is 47.0 Å². The highest BCUT2D eigenvalue weighted by Crippen LogP contribution is 2.16. The molecule has 0 aliphatic heterocycles. The maximum atomic E-state index is 4.18. The first-order chi connectivity index (χ1) is 5.47. The van der Waals surface area contributed by atoms with E-state index < -0.39 is 0 Å². The zero-order valence-corrected chi connectivity index (χ0v) is 9.14. The molecule has 12 heavy (non-hydrogen) atoms. The lowest BCUT2D eigenvalue weighted by atomic mass is 10.1. The van der Waals surface area contributed by atoms with Crippen LogP contribution in [0.4, 0.5) is 5.82 Å². The minimum Gasteiger partial charge on any atom is -0.365 e. The maximum absolute atomic E-state index is 4.18. The average molecular weight is 229 g/mol. The molecule has 1 rings (SSSR count). The summed E-state index contributed by atoms with van der Waals surface area (Å²) >= 11 is 3.39. The van der Waals surface area contributed by atoms with Gasteiger partial charge in [0.1, 0.15) is 5.82 Å². The van der Waals surface area contributed by atoms with E-state index in [4.69, 9.17) is 0 Å². The van der Waals surface area contributed by atoms with E-state index in [0.717, 1.165) is 10.3 Å². The van der Waals surface area contributed by atoms with E-state index in [0.29, 0.717) is 0 Å². The van der Waals surface area contributed by atoms with E-state index in [1.165, 1.54) is 0 Å². The van der Waals surface area contributed by atoms with Crippen molar-refractivity contribution in [2.45, 2.75) is 26.3 Å². The molecule has 0 bridgehead atoms. The Morgan fingerprint density at radius 3 is 2.58 bits per heavy atom. The van der Waals surface area contributed by atoms with Crippen molar-refractivity contribution in [3.63, 3.8) is 0 Å². The molecule has 0 aromatic carbocycles. The summed E-state index contributed by atoms with van der Waals surface area (Å²) in [5, 5.41) is 3.28. The predicted octanol–water partition coefficient (Wildman–Crippen LogP) is 3.05. The number of halogens is 1. The minimum absolute atomic E-state index is 0.0633. The Morgan fingerprint density at radius 2 is 2.08 bits per heavy atom. The summed E-state index contributed by atoms with van der Waals surface area (Å²) < 4.78 is 1.05. The van der Waals surface area contributed by atoms with Gasteiger partial charge in [0.05, 0.1) is 0 Å². The number of nitrogens with one attached hydrogen (secondary N) is 1. The molecule has 0 fully saturated rings. The minimum atomic E-state index is 0.0633. The molecular formula is C9H13BrN2. The predicted molar refractivity (Wildman–Crippen MR) is 55.3 cm³/mol. The van der Waals surface area contributed by atoms with Crippen LogP contribution in [0.15, 0.2) is 22.8 Å². The van der Waals surface area contributed by atoms with Gasteiger partial charge in [-0.05, 0) is 32.9 Å². The maximum Gasteiger partial charge on any atom is 0.127 e. The summed E-state index contributed by atoms with van der Waals surface area (Å²) in [6, 6.07) is 3.87. The van der Waals surface area contributed by atoms with Crippen LogP contribution in [0, 0.1) is 0 Å². The molecule has 0 amide bonds. The van der Waals surface area contributed by atoms with Crippen molar-refractivity contribution in [1.29, 1.82) is 0 Å². The average Bonchev–Trinajstić information content (AvgIpc) is 1.82. The van der Waals surface area contributed by atoms with Crippen LogP contribution in [-0.4, -0.2) is 10.5 Å². The summed E-state index contributed by atoms with van der Waals surface area (Å²) in [5.41, 5.74) is 0.0633. The standard InChI is InChI=1S/C9H13BrN2/c1-9(2,3)12-8-6-7(10)4-5-11-8/h4-6H,1-3H3,(H,11,12). The number of aromatic nitrogens is 1. The molecule has 3 heteroatoms. The Bertz CT molecular complexity index is 265. The summed E-state index contributed by atoms with van der Waals surface area (Å²) in [5.74, 6) is 0.900. The lowest BCUT2D eigenvalue weighted by Gasteiger charge is -2.21. The van der Waals surface area contributed by atoms with Crippen LogP contribution in [0.3, 0.4) is 0 Å². The summed E-state index contributed by atoms with van der Waals surface area (Å²) in [6.45, 7) is 6.32. The van der Waals surface area contributed by atoms with Gasteiger partial charge in [0.25, 0.3) is 0 Å². The Balaban J connectivity index is 2.77. The van der Waals surface area contributed by atoms with Gasteiger partial charge in [0.15, 0.2) is 0 Å². The lowest BCUT2D eigenvalue weighted by molar-refractivity contribution is 0.630. The molecule has 1 aromatic rings. The van der Waals surface area contributed by atoms with Gasteiger partial charge in [-0.15, -0.1) is 0 Å². The van der Waals surface area contributed by atoms with Gasteiger partial charge in [-0.2, -0.15) is 0 Å². The van der Waals surface area contributed by atoms with Crippen molar-refractivity contribution in [1.82, 2.24) is 4.98 Å². The first-order valence-corrected chi connectivity index (χ1v) is 4.66. The van der Waals surface area contributed by atoms with E-state index in [-0.39, 0.29) is 5.54 Å². The summed E-state index contributed by atoms with van der Waals surface area (Å²) in [4.78, 5) is 4.18. The number of pyridine rings is 1. The monoisotopic (exact) mass is 228 g/mol. The third kappa shape index (κ3) is 3.22. The zero-order chi connectivity index (χ0) is 9.19. The number of hydrogen-bond acceptors (Lipinski definition) is 2. The van der Waals surface area contributed by atoms with Gasteiger partial charge in [-0.3, -0.25) is 0 Å². The van der Waals surface area contributed by atoms with Crippen molar-refractivity contribution < 1.29 is 0 Å². The molecule has 0 unspecified atom stereocenters. The summed E-state index contributed by atoms with van der Waals surface area (Å²) in [7, 11) is 0. The molecule has 0 spiro atoms. The Kier molecular flexibility index (Phi) is 2.73. The van der Waals surface area contributed by atoms with Crippen LogP contribution in [-0.2, 0) is 0 Å². The smallest absolute Gasteiger partial charge is 0.127 e. The van der Waals surface area contributed by atoms with E-state index in [1.807, 2.05) is 12.1 Å². The second-order valence-electron chi connectivity index (χ2n) is 3.73. The van der Waals surface area contributed by atoms with Crippen molar-refractivity contribution in [2.24, 2.45) is 0 Å². The normalized spacial score (nSPS) is 11.3. The highest BCUT2D eigenvalue weighted by atomic mass is 79.9. The first-order valence-electron chi connectivity index (χ1n) is 3.87. The first kappa shape index (κ1) is 9.52. The third-order valence-electron chi connectivity index (χ3n) is 1.23. The molecule has 0 aliphatic carbocycles. The highest BCUT2D eigenvalue weighted by molar-refractivity contribution is 9.10. The van der Waals surface area contributed by atoms with Gasteiger partial charge in [0.2, 0.25) is 0 Å². The fraction of sp³-hybridized carbons (Fsp3) is 0.444. The molecule has 1 N–H and O–H groups in total. The molecular weight excluding hydrogens is 216 g/mol. The quantitative estimate of drug-likeness (QED) is 0.800. The van der Waals surface area contributed by atoms with Gasteiger partial charge >= 0.3 is 0 Å². The van der Waals surface area contributed by atoms with E-state index in [9.17, 15) is 0 Å². The largest absolute Gasteiger partial charge is 0.365 e. The molecule has 0 aliphatic rings. The molecule has 0 saturated heterocycles. The third-order valence-corrected chi connectivity index (χ3v) is 1.72. The fourth-order valence-corrected chi connectivity index (χ4v) is 1.19. The molecule has 0 saturated carbocycles. The van der Waals surface area contributed by atoms with Crippen LogP contribution in [0.2, 0.25) is 0 Å². The number of rotatable bonds is 1. The van der Waals surface area contributed by atoms with Crippen LogP contribution in [0.1, 0.15) is 20.8 Å². The van der Waals surface area contributed by atoms with Crippen LogP contribution >= 0.6 is 15.9 Å².